The molecule has 8 nitrogen and oxygen atoms in total. The first-order valence-electron chi connectivity index (χ1n) is 6.07. The number of nitrogen functional groups attached to an aromatic ring is 1. The summed E-state index contributed by atoms with van der Waals surface area (Å²) in [5, 5.41) is 7.09. The predicted octanol–water partition coefficient (Wildman–Crippen LogP) is 0.395. The van der Waals surface area contributed by atoms with Crippen LogP contribution in [-0.4, -0.2) is 20.7 Å². The zero-order valence-corrected chi connectivity index (χ0v) is 11.3. The number of nitrogens with one attached hydrogen (secondary N) is 2. The van der Waals surface area contributed by atoms with Gasteiger partial charge in [0.15, 0.2) is 5.16 Å². The number of hydrazine groups is 1. The van der Waals surface area contributed by atoms with Gasteiger partial charge in [0.1, 0.15) is 12.0 Å². The lowest BCUT2D eigenvalue weighted by Gasteiger charge is -2.01. The highest BCUT2D eigenvalue weighted by atomic mass is 32.2. The van der Waals surface area contributed by atoms with Gasteiger partial charge in [-0.2, -0.15) is 0 Å². The number of thioether (sulfide) groups is 1. The molecule has 0 aliphatic heterocycles. The minimum Gasteiger partial charge on any atom is -0.468 e. The monoisotopic (exact) mass is 295 g/mol. The van der Waals surface area contributed by atoms with Crippen LogP contribution in [0.2, 0.25) is 0 Å². The number of carbonyl (C=O) groups excluding carboxylic acids is 1. The molecule has 20 heavy (non-hydrogen) atoms. The van der Waals surface area contributed by atoms with Gasteiger partial charge in [-0.3, -0.25) is 14.8 Å². The second-order valence-corrected chi connectivity index (χ2v) is 5.42. The van der Waals surface area contributed by atoms with Gasteiger partial charge in [0.2, 0.25) is 0 Å². The van der Waals surface area contributed by atoms with Crippen molar-refractivity contribution in [3.63, 3.8) is 0 Å². The van der Waals surface area contributed by atoms with E-state index in [1.54, 1.807) is 10.6 Å². The molecule has 1 aliphatic rings. The Balaban J connectivity index is 1.69. The standard InChI is InChI=1S/C11H13N5O3S/c12-13-9(17)6-3-8(19-4-6)5-20-11-15-14-10(18)16(11)7-1-2-7/h3-4,7H,1-2,5,12H2,(H,13,17)(H,14,18). The van der Waals surface area contributed by atoms with Crippen LogP contribution in [0.15, 0.2) is 26.7 Å². The van der Waals surface area contributed by atoms with Crippen molar-refractivity contribution >= 4 is 17.7 Å². The minimum atomic E-state index is -0.403. The topological polar surface area (TPSA) is 119 Å². The average molecular weight is 295 g/mol. The first-order valence-corrected chi connectivity index (χ1v) is 7.05. The lowest BCUT2D eigenvalue weighted by Crippen LogP contribution is -2.29. The average Bonchev–Trinajstić information content (AvgIpc) is 3.05. The van der Waals surface area contributed by atoms with Gasteiger partial charge >= 0.3 is 5.69 Å². The van der Waals surface area contributed by atoms with E-state index in [1.807, 2.05) is 5.43 Å². The minimum absolute atomic E-state index is 0.183. The Kier molecular flexibility index (Phi) is 3.36. The van der Waals surface area contributed by atoms with Crippen molar-refractivity contribution in [1.82, 2.24) is 20.2 Å². The van der Waals surface area contributed by atoms with Crippen molar-refractivity contribution in [2.24, 2.45) is 5.84 Å². The van der Waals surface area contributed by atoms with Crippen LogP contribution in [0.1, 0.15) is 35.0 Å². The maximum atomic E-state index is 11.6. The number of nitrogens with two attached hydrogens (primary N) is 1. The summed E-state index contributed by atoms with van der Waals surface area (Å²) >= 11 is 1.39. The number of carbonyl (C=O) groups is 1. The molecule has 0 saturated heterocycles. The number of nitrogens with zero attached hydrogens (tertiary/aromatic N) is 2. The SMILES string of the molecule is NNC(=O)c1coc(CSc2n[nH]c(=O)n2C2CC2)c1. The van der Waals surface area contributed by atoms with Crippen molar-refractivity contribution in [3.8, 4) is 0 Å². The molecule has 0 atom stereocenters. The molecule has 4 N–H and O–H groups in total. The Labute approximate surface area is 117 Å². The fourth-order valence-corrected chi connectivity index (χ4v) is 2.75. The summed E-state index contributed by atoms with van der Waals surface area (Å²) in [5.41, 5.74) is 2.22. The van der Waals surface area contributed by atoms with E-state index < -0.39 is 5.91 Å². The predicted molar refractivity (Wildman–Crippen MR) is 71.0 cm³/mol. The Morgan fingerprint density at radius 2 is 2.45 bits per heavy atom. The number of hydrogen-bond acceptors (Lipinski definition) is 6. The number of hydrogen-bond donors (Lipinski definition) is 3. The third-order valence-corrected chi connectivity index (χ3v) is 3.95. The van der Waals surface area contributed by atoms with Gasteiger partial charge in [-0.15, -0.1) is 5.10 Å². The van der Waals surface area contributed by atoms with E-state index in [0.717, 1.165) is 12.8 Å². The van der Waals surface area contributed by atoms with E-state index in [4.69, 9.17) is 10.3 Å². The maximum absolute atomic E-state index is 11.6. The number of furan rings is 1. The molecule has 9 heteroatoms. The molecule has 1 aliphatic carbocycles. The highest BCUT2D eigenvalue weighted by molar-refractivity contribution is 7.98. The first-order chi connectivity index (χ1) is 9.69. The molecule has 3 rings (SSSR count). The number of aromatic amines is 1. The number of aromatic nitrogens is 3. The Hall–Kier alpha value is -2.00. The fourth-order valence-electron chi connectivity index (χ4n) is 1.84. The molecule has 1 amide bonds. The molecular weight excluding hydrogens is 282 g/mol. The van der Waals surface area contributed by atoms with E-state index in [2.05, 4.69) is 10.2 Å². The number of rotatable bonds is 5. The fraction of sp³-hybridized carbons (Fsp3) is 0.364. The second-order valence-electron chi connectivity index (χ2n) is 4.48. The Bertz CT molecular complexity index is 684. The molecule has 2 aromatic rings. The van der Waals surface area contributed by atoms with E-state index in [9.17, 15) is 9.59 Å². The van der Waals surface area contributed by atoms with Gasteiger partial charge in [0.25, 0.3) is 5.91 Å². The molecule has 0 spiro atoms. The van der Waals surface area contributed by atoms with Gasteiger partial charge in [-0.25, -0.2) is 15.7 Å². The van der Waals surface area contributed by atoms with E-state index in [1.165, 1.54) is 18.0 Å². The maximum Gasteiger partial charge on any atom is 0.344 e. The zero-order chi connectivity index (χ0) is 14.1. The van der Waals surface area contributed by atoms with Crippen LogP contribution in [0.4, 0.5) is 0 Å². The zero-order valence-electron chi connectivity index (χ0n) is 10.5. The van der Waals surface area contributed by atoms with E-state index in [0.29, 0.717) is 22.2 Å². The molecule has 1 saturated carbocycles. The Morgan fingerprint density at radius 3 is 3.15 bits per heavy atom. The third kappa shape index (κ3) is 2.49. The van der Waals surface area contributed by atoms with E-state index >= 15 is 0 Å². The molecule has 0 aromatic carbocycles. The smallest absolute Gasteiger partial charge is 0.344 e. The summed E-state index contributed by atoms with van der Waals surface area (Å²) in [6.07, 6.45) is 3.36. The Morgan fingerprint density at radius 1 is 1.65 bits per heavy atom. The second kappa shape index (κ2) is 5.17. The van der Waals surface area contributed by atoms with Gasteiger partial charge in [0, 0.05) is 6.04 Å². The van der Waals surface area contributed by atoms with Gasteiger partial charge < -0.3 is 4.42 Å². The molecule has 2 heterocycles. The van der Waals surface area contributed by atoms with Crippen LogP contribution in [0.25, 0.3) is 0 Å². The highest BCUT2D eigenvalue weighted by Crippen LogP contribution is 2.36. The molecular formula is C11H13N5O3S. The van der Waals surface area contributed by atoms with Gasteiger partial charge in [0.05, 0.1) is 11.3 Å². The third-order valence-electron chi connectivity index (χ3n) is 2.97. The summed E-state index contributed by atoms with van der Waals surface area (Å²) in [4.78, 5) is 22.9. The summed E-state index contributed by atoms with van der Waals surface area (Å²) in [6.45, 7) is 0. The first kappa shape index (κ1) is 13.0. The number of amides is 1. The molecule has 0 bridgehead atoms. The quantitative estimate of drug-likeness (QED) is 0.318. The van der Waals surface area contributed by atoms with Crippen LogP contribution in [0.3, 0.4) is 0 Å². The largest absolute Gasteiger partial charge is 0.468 e. The van der Waals surface area contributed by atoms with Gasteiger partial charge in [-0.1, -0.05) is 11.8 Å². The van der Waals surface area contributed by atoms with Crippen molar-refractivity contribution in [1.29, 1.82) is 0 Å². The lowest BCUT2D eigenvalue weighted by molar-refractivity contribution is 0.0953. The summed E-state index contributed by atoms with van der Waals surface area (Å²) in [6, 6.07) is 1.88. The van der Waals surface area contributed by atoms with Crippen LogP contribution >= 0.6 is 11.8 Å². The van der Waals surface area contributed by atoms with Crippen LogP contribution in [0.5, 0.6) is 0 Å². The van der Waals surface area contributed by atoms with Crippen LogP contribution < -0.4 is 17.0 Å². The molecule has 0 unspecified atom stereocenters. The number of H-pyrrole nitrogens is 1. The molecule has 106 valence electrons. The lowest BCUT2D eigenvalue weighted by atomic mass is 10.3. The van der Waals surface area contributed by atoms with E-state index in [-0.39, 0.29) is 11.7 Å². The van der Waals surface area contributed by atoms with Crippen molar-refractivity contribution in [3.05, 3.63) is 34.1 Å². The summed E-state index contributed by atoms with van der Waals surface area (Å²) < 4.78 is 6.94. The van der Waals surface area contributed by atoms with Crippen LogP contribution in [-0.2, 0) is 5.75 Å². The van der Waals surface area contributed by atoms with Crippen molar-refractivity contribution in [2.75, 3.05) is 0 Å². The van der Waals surface area contributed by atoms with Gasteiger partial charge in [-0.05, 0) is 18.9 Å². The molecule has 0 radical (unpaired) electrons. The summed E-state index contributed by atoms with van der Waals surface area (Å²) in [7, 11) is 0. The molecule has 1 fully saturated rings. The van der Waals surface area contributed by atoms with Crippen LogP contribution in [0, 0.1) is 0 Å². The summed E-state index contributed by atoms with van der Waals surface area (Å²) in [5.74, 6) is 5.74. The van der Waals surface area contributed by atoms with Crippen molar-refractivity contribution in [2.45, 2.75) is 29.8 Å². The highest BCUT2D eigenvalue weighted by Gasteiger charge is 2.28. The normalized spacial score (nSPS) is 14.4. The van der Waals surface area contributed by atoms with Crippen molar-refractivity contribution < 1.29 is 9.21 Å². The molecule has 2 aromatic heterocycles.